The fourth-order valence-electron chi connectivity index (χ4n) is 1.70. The molecule has 2 rings (SSSR count). The molecule has 0 atom stereocenters. The highest BCUT2D eigenvalue weighted by Crippen LogP contribution is 2.14. The lowest BCUT2D eigenvalue weighted by atomic mass is 10.1. The van der Waals surface area contributed by atoms with E-state index in [2.05, 4.69) is 5.32 Å². The molecule has 0 unspecified atom stereocenters. The molecule has 0 saturated carbocycles. The topological polar surface area (TPSA) is 102 Å². The predicted molar refractivity (Wildman–Crippen MR) is 65.9 cm³/mol. The maximum Gasteiger partial charge on any atom is 0.419 e. The van der Waals surface area contributed by atoms with Crippen molar-refractivity contribution < 1.29 is 9.21 Å². The summed E-state index contributed by atoms with van der Waals surface area (Å²) >= 11 is 0. The Hall–Kier alpha value is -2.28. The Kier molecular flexibility index (Phi) is 3.33. The van der Waals surface area contributed by atoms with Gasteiger partial charge in [0.15, 0.2) is 5.58 Å². The zero-order valence-corrected chi connectivity index (χ0v) is 9.90. The van der Waals surface area contributed by atoms with Crippen LogP contribution in [0.3, 0.4) is 0 Å². The minimum absolute atomic E-state index is 0.386. The molecule has 1 aromatic carbocycles. The molecular weight excluding hydrogens is 236 g/mol. The second kappa shape index (κ2) is 4.92. The summed E-state index contributed by atoms with van der Waals surface area (Å²) in [6, 6.07) is 5.04. The number of oxazole rings is 1. The first-order chi connectivity index (χ1) is 8.61. The number of carbonyl (C=O) groups excluding carboxylic acids is 1. The van der Waals surface area contributed by atoms with Gasteiger partial charge in [-0.2, -0.15) is 0 Å². The van der Waals surface area contributed by atoms with Crippen molar-refractivity contribution in [3.8, 4) is 0 Å². The number of nitrogens with zero attached hydrogens (tertiary/aromatic N) is 1. The highest BCUT2D eigenvalue weighted by atomic mass is 16.4. The summed E-state index contributed by atoms with van der Waals surface area (Å²) in [5.41, 5.74) is 4.27. The summed E-state index contributed by atoms with van der Waals surface area (Å²) in [5.74, 6) is 4.55. The van der Waals surface area contributed by atoms with Gasteiger partial charge in [-0.05, 0) is 24.1 Å². The first-order valence-electron chi connectivity index (χ1n) is 5.44. The number of aromatic nitrogens is 1. The molecule has 18 heavy (non-hydrogen) atoms. The third-order valence-corrected chi connectivity index (χ3v) is 2.69. The van der Waals surface area contributed by atoms with Crippen LogP contribution in [0.1, 0.15) is 5.56 Å². The lowest BCUT2D eigenvalue weighted by molar-refractivity contribution is 0.241. The number of nitrogens with two attached hydrogens (primary N) is 1. The summed E-state index contributed by atoms with van der Waals surface area (Å²) in [6.07, 6.45) is 0.642. The summed E-state index contributed by atoms with van der Waals surface area (Å²) in [4.78, 5) is 22.2. The van der Waals surface area contributed by atoms with Crippen LogP contribution >= 0.6 is 0 Å². The van der Waals surface area contributed by atoms with Crippen LogP contribution in [-0.2, 0) is 13.5 Å². The third kappa shape index (κ3) is 2.35. The van der Waals surface area contributed by atoms with Gasteiger partial charge in [-0.15, -0.1) is 0 Å². The van der Waals surface area contributed by atoms with Crippen LogP contribution in [-0.4, -0.2) is 17.1 Å². The number of aryl methyl sites for hydroxylation is 1. The summed E-state index contributed by atoms with van der Waals surface area (Å²) < 4.78 is 6.47. The Morgan fingerprint density at radius 2 is 2.28 bits per heavy atom. The number of amides is 2. The van der Waals surface area contributed by atoms with Crippen LogP contribution in [0.5, 0.6) is 0 Å². The Morgan fingerprint density at radius 3 is 3.00 bits per heavy atom. The maximum absolute atomic E-state index is 11.3. The van der Waals surface area contributed by atoms with Crippen molar-refractivity contribution in [2.45, 2.75) is 6.42 Å². The van der Waals surface area contributed by atoms with E-state index in [1.807, 2.05) is 17.6 Å². The van der Waals surface area contributed by atoms with Crippen LogP contribution < -0.4 is 22.3 Å². The normalized spacial score (nSPS) is 10.6. The molecule has 0 aliphatic rings. The summed E-state index contributed by atoms with van der Waals surface area (Å²) in [5, 5.41) is 2.58. The molecule has 0 aliphatic carbocycles. The molecule has 7 heteroatoms. The first-order valence-corrected chi connectivity index (χ1v) is 5.44. The van der Waals surface area contributed by atoms with Gasteiger partial charge >= 0.3 is 11.8 Å². The molecule has 0 saturated heterocycles. The highest BCUT2D eigenvalue weighted by molar-refractivity contribution is 5.74. The fraction of sp³-hybridized carbons (Fsp3) is 0.273. The van der Waals surface area contributed by atoms with E-state index in [1.165, 1.54) is 4.57 Å². The van der Waals surface area contributed by atoms with Crippen molar-refractivity contribution in [2.24, 2.45) is 12.9 Å². The number of rotatable bonds is 3. The summed E-state index contributed by atoms with van der Waals surface area (Å²) in [6.45, 7) is 0.459. The van der Waals surface area contributed by atoms with Crippen molar-refractivity contribution in [3.05, 3.63) is 34.3 Å². The van der Waals surface area contributed by atoms with Gasteiger partial charge in [0.1, 0.15) is 0 Å². The molecule has 0 spiro atoms. The Bertz CT molecular complexity index is 629. The van der Waals surface area contributed by atoms with Crippen LogP contribution in [0.15, 0.2) is 27.4 Å². The zero-order valence-electron chi connectivity index (χ0n) is 9.90. The number of benzene rings is 1. The molecule has 0 bridgehead atoms. The van der Waals surface area contributed by atoms with Crippen LogP contribution in [0, 0.1) is 0 Å². The Morgan fingerprint density at radius 1 is 1.50 bits per heavy atom. The lowest BCUT2D eigenvalue weighted by Crippen LogP contribution is -2.40. The molecule has 1 heterocycles. The lowest BCUT2D eigenvalue weighted by Gasteiger charge is -2.04. The first kappa shape index (κ1) is 12.2. The second-order valence-corrected chi connectivity index (χ2v) is 3.88. The quantitative estimate of drug-likeness (QED) is 0.400. The number of hydrogen-bond acceptors (Lipinski definition) is 4. The minimum atomic E-state index is -0.424. The van der Waals surface area contributed by atoms with Gasteiger partial charge < -0.3 is 9.73 Å². The smallest absolute Gasteiger partial charge is 0.408 e. The average molecular weight is 250 g/mol. The van der Waals surface area contributed by atoms with E-state index in [9.17, 15) is 9.59 Å². The van der Waals surface area contributed by atoms with Gasteiger partial charge in [0.05, 0.1) is 5.52 Å². The van der Waals surface area contributed by atoms with Gasteiger partial charge in [-0.1, -0.05) is 6.07 Å². The van der Waals surface area contributed by atoms with E-state index in [4.69, 9.17) is 10.3 Å². The number of hydrogen-bond donors (Lipinski definition) is 3. The molecule has 0 fully saturated rings. The zero-order chi connectivity index (χ0) is 13.1. The number of fused-ring (bicyclic) bond motifs is 1. The van der Waals surface area contributed by atoms with Crippen molar-refractivity contribution >= 4 is 17.1 Å². The number of urea groups is 1. The number of hydrazine groups is 1. The Balaban J connectivity index is 2.12. The van der Waals surface area contributed by atoms with Crippen molar-refractivity contribution in [2.75, 3.05) is 6.54 Å². The van der Waals surface area contributed by atoms with Gasteiger partial charge in [0.25, 0.3) is 0 Å². The molecule has 4 N–H and O–H groups in total. The van der Waals surface area contributed by atoms with E-state index in [1.54, 1.807) is 13.1 Å². The van der Waals surface area contributed by atoms with E-state index in [0.717, 1.165) is 11.1 Å². The molecule has 0 radical (unpaired) electrons. The van der Waals surface area contributed by atoms with Crippen molar-refractivity contribution in [1.82, 2.24) is 15.3 Å². The molecule has 2 amide bonds. The second-order valence-electron chi connectivity index (χ2n) is 3.88. The summed E-state index contributed by atoms with van der Waals surface area (Å²) in [7, 11) is 1.65. The van der Waals surface area contributed by atoms with Gasteiger partial charge in [-0.25, -0.2) is 15.4 Å². The standard InChI is InChI=1S/C11H14N4O3/c1-15-8-6-7(4-5-13-10(16)14-12)2-3-9(8)18-11(15)17/h2-3,6H,4-5,12H2,1H3,(H2,13,14,16). The highest BCUT2D eigenvalue weighted by Gasteiger charge is 2.06. The predicted octanol–water partition coefficient (Wildman–Crippen LogP) is -0.153. The molecule has 0 aliphatic heterocycles. The fourth-order valence-corrected chi connectivity index (χ4v) is 1.70. The van der Waals surface area contributed by atoms with Gasteiger partial charge in [-0.3, -0.25) is 9.99 Å². The van der Waals surface area contributed by atoms with E-state index in [0.29, 0.717) is 18.5 Å². The van der Waals surface area contributed by atoms with Crippen molar-refractivity contribution in [1.29, 1.82) is 0 Å². The van der Waals surface area contributed by atoms with E-state index < -0.39 is 6.03 Å². The molecule has 1 aromatic heterocycles. The largest absolute Gasteiger partial charge is 0.419 e. The SMILES string of the molecule is Cn1c(=O)oc2ccc(CCNC(=O)NN)cc21. The van der Waals surface area contributed by atoms with Gasteiger partial charge in [0.2, 0.25) is 0 Å². The molecule has 7 nitrogen and oxygen atoms in total. The third-order valence-electron chi connectivity index (χ3n) is 2.69. The van der Waals surface area contributed by atoms with Crippen LogP contribution in [0.2, 0.25) is 0 Å². The molecule has 2 aromatic rings. The minimum Gasteiger partial charge on any atom is -0.408 e. The van der Waals surface area contributed by atoms with Crippen LogP contribution in [0.25, 0.3) is 11.1 Å². The maximum atomic E-state index is 11.3. The van der Waals surface area contributed by atoms with Crippen molar-refractivity contribution in [3.63, 3.8) is 0 Å². The number of carbonyl (C=O) groups is 1. The average Bonchev–Trinajstić information content (AvgIpc) is 2.65. The molecular formula is C11H14N4O3. The van der Waals surface area contributed by atoms with Crippen LogP contribution in [0.4, 0.5) is 4.79 Å². The van der Waals surface area contributed by atoms with Gasteiger partial charge in [0, 0.05) is 13.6 Å². The number of nitrogens with one attached hydrogen (secondary N) is 2. The van der Waals surface area contributed by atoms with E-state index in [-0.39, 0.29) is 5.76 Å². The Labute approximate surface area is 103 Å². The molecule has 96 valence electrons. The monoisotopic (exact) mass is 250 g/mol. The van der Waals surface area contributed by atoms with E-state index >= 15 is 0 Å².